The summed E-state index contributed by atoms with van der Waals surface area (Å²) in [6, 6.07) is 6.90. The summed E-state index contributed by atoms with van der Waals surface area (Å²) >= 11 is 0. The summed E-state index contributed by atoms with van der Waals surface area (Å²) in [5.74, 6) is -1.82. The number of benzene rings is 1. The van der Waals surface area contributed by atoms with Gasteiger partial charge in [-0.15, -0.1) is 0 Å². The number of aryl methyl sites for hydroxylation is 1. The molecule has 1 aromatic rings. The number of carboxylic acid groups (broad SMARTS) is 1. The zero-order valence-electron chi connectivity index (χ0n) is 9.12. The summed E-state index contributed by atoms with van der Waals surface area (Å²) < 4.78 is 0. The van der Waals surface area contributed by atoms with Crippen LogP contribution in [0, 0.1) is 6.92 Å². The molecule has 1 aromatic carbocycles. The van der Waals surface area contributed by atoms with Gasteiger partial charge in [0.05, 0.1) is 5.57 Å². The Bertz CT molecular complexity index is 504. The molecule has 1 aliphatic rings. The number of aliphatic hydroxyl groups is 1. The average molecular weight is 233 g/mol. The molecule has 0 spiro atoms. The van der Waals surface area contributed by atoms with Gasteiger partial charge in [-0.3, -0.25) is 9.69 Å². The lowest BCUT2D eigenvalue weighted by molar-refractivity contribution is -0.133. The van der Waals surface area contributed by atoms with Gasteiger partial charge in [0, 0.05) is 11.8 Å². The standard InChI is InChI=1S/C12H11NO4/c1-7-2-4-8(5-3-7)13-10(14)6-9(11(13)15)12(16)17/h2-6,11,15H,1H3,(H,16,17). The third-order valence-electron chi connectivity index (χ3n) is 2.60. The molecular formula is C12H11NO4. The predicted molar refractivity (Wildman–Crippen MR) is 60.4 cm³/mol. The number of nitrogens with zero attached hydrogens (tertiary/aromatic N) is 1. The number of carbonyl (C=O) groups is 2. The normalized spacial score (nSPS) is 19.4. The third kappa shape index (κ3) is 1.92. The largest absolute Gasteiger partial charge is 0.478 e. The molecular weight excluding hydrogens is 222 g/mol. The summed E-state index contributed by atoms with van der Waals surface area (Å²) in [5.41, 5.74) is 1.18. The Kier molecular flexibility index (Phi) is 2.69. The molecule has 1 aliphatic heterocycles. The molecule has 0 aliphatic carbocycles. The van der Waals surface area contributed by atoms with Gasteiger partial charge in [0.15, 0.2) is 6.23 Å². The number of aliphatic hydroxyl groups excluding tert-OH is 1. The van der Waals surface area contributed by atoms with Crippen LogP contribution < -0.4 is 4.90 Å². The molecule has 0 bridgehead atoms. The van der Waals surface area contributed by atoms with E-state index in [9.17, 15) is 14.7 Å². The molecule has 2 N–H and O–H groups in total. The van der Waals surface area contributed by atoms with Crippen LogP contribution in [0.2, 0.25) is 0 Å². The van der Waals surface area contributed by atoms with Crippen molar-refractivity contribution in [1.29, 1.82) is 0 Å². The van der Waals surface area contributed by atoms with Crippen molar-refractivity contribution in [1.82, 2.24) is 0 Å². The molecule has 0 aromatic heterocycles. The highest BCUT2D eigenvalue weighted by Crippen LogP contribution is 2.25. The van der Waals surface area contributed by atoms with Crippen molar-refractivity contribution >= 4 is 17.6 Å². The van der Waals surface area contributed by atoms with Crippen molar-refractivity contribution in [3.05, 3.63) is 41.5 Å². The molecule has 1 atom stereocenters. The van der Waals surface area contributed by atoms with E-state index in [4.69, 9.17) is 5.11 Å². The zero-order chi connectivity index (χ0) is 12.6. The molecule has 1 heterocycles. The first kappa shape index (κ1) is 11.3. The van der Waals surface area contributed by atoms with Crippen molar-refractivity contribution < 1.29 is 19.8 Å². The zero-order valence-corrected chi connectivity index (χ0v) is 9.12. The van der Waals surface area contributed by atoms with E-state index in [1.54, 1.807) is 24.3 Å². The monoisotopic (exact) mass is 233 g/mol. The fourth-order valence-corrected chi connectivity index (χ4v) is 1.68. The Hall–Kier alpha value is -2.14. The van der Waals surface area contributed by atoms with Crippen LogP contribution in [0.5, 0.6) is 0 Å². The number of hydrogen-bond acceptors (Lipinski definition) is 3. The molecule has 1 amide bonds. The van der Waals surface area contributed by atoms with Gasteiger partial charge in [0.25, 0.3) is 5.91 Å². The molecule has 0 radical (unpaired) electrons. The van der Waals surface area contributed by atoms with Crippen LogP contribution in [0.15, 0.2) is 35.9 Å². The van der Waals surface area contributed by atoms with Crippen molar-refractivity contribution in [2.75, 3.05) is 4.90 Å². The van der Waals surface area contributed by atoms with Gasteiger partial charge in [-0.25, -0.2) is 4.79 Å². The molecule has 0 fully saturated rings. The maximum absolute atomic E-state index is 11.6. The van der Waals surface area contributed by atoms with Crippen LogP contribution in [0.1, 0.15) is 5.56 Å². The first-order chi connectivity index (χ1) is 8.00. The van der Waals surface area contributed by atoms with Gasteiger partial charge < -0.3 is 10.2 Å². The predicted octanol–water partition coefficient (Wildman–Crippen LogP) is 0.671. The van der Waals surface area contributed by atoms with E-state index in [0.29, 0.717) is 5.69 Å². The minimum absolute atomic E-state index is 0.310. The highest BCUT2D eigenvalue weighted by atomic mass is 16.4. The van der Waals surface area contributed by atoms with E-state index < -0.39 is 18.1 Å². The maximum Gasteiger partial charge on any atom is 0.336 e. The van der Waals surface area contributed by atoms with E-state index in [-0.39, 0.29) is 5.57 Å². The summed E-state index contributed by atoms with van der Waals surface area (Å²) in [6.07, 6.45) is -0.491. The van der Waals surface area contributed by atoms with Crippen molar-refractivity contribution in [2.24, 2.45) is 0 Å². The summed E-state index contributed by atoms with van der Waals surface area (Å²) in [4.78, 5) is 23.4. The smallest absolute Gasteiger partial charge is 0.336 e. The van der Waals surface area contributed by atoms with Gasteiger partial charge in [-0.2, -0.15) is 0 Å². The van der Waals surface area contributed by atoms with Crippen LogP contribution >= 0.6 is 0 Å². The Morgan fingerprint density at radius 1 is 1.29 bits per heavy atom. The number of carbonyl (C=O) groups excluding carboxylic acids is 1. The number of amides is 1. The van der Waals surface area contributed by atoms with Crippen LogP contribution in [0.3, 0.4) is 0 Å². The van der Waals surface area contributed by atoms with Gasteiger partial charge in [0.1, 0.15) is 0 Å². The van der Waals surface area contributed by atoms with E-state index in [1.165, 1.54) is 0 Å². The third-order valence-corrected chi connectivity index (χ3v) is 2.60. The molecule has 5 nitrogen and oxygen atoms in total. The number of carboxylic acids is 1. The van der Waals surface area contributed by atoms with Gasteiger partial charge in [-0.05, 0) is 19.1 Å². The molecule has 5 heteroatoms. The van der Waals surface area contributed by atoms with Gasteiger partial charge >= 0.3 is 5.97 Å². The summed E-state index contributed by atoms with van der Waals surface area (Å²) in [6.45, 7) is 1.90. The Morgan fingerprint density at radius 2 is 1.88 bits per heavy atom. The SMILES string of the molecule is Cc1ccc(N2C(=O)C=C(C(=O)O)C2O)cc1. The minimum Gasteiger partial charge on any atom is -0.478 e. The first-order valence-corrected chi connectivity index (χ1v) is 5.03. The number of aliphatic carboxylic acids is 1. The number of anilines is 1. The second kappa shape index (κ2) is 4.03. The second-order valence-electron chi connectivity index (χ2n) is 3.82. The number of hydrogen-bond donors (Lipinski definition) is 2. The quantitative estimate of drug-likeness (QED) is 0.787. The maximum atomic E-state index is 11.6. The summed E-state index contributed by atoms with van der Waals surface area (Å²) in [5, 5.41) is 18.6. The van der Waals surface area contributed by atoms with Crippen molar-refractivity contribution in [3.8, 4) is 0 Å². The van der Waals surface area contributed by atoms with Crippen LogP contribution in [0.25, 0.3) is 0 Å². The van der Waals surface area contributed by atoms with Gasteiger partial charge in [0.2, 0.25) is 0 Å². The number of rotatable bonds is 2. The Balaban J connectivity index is 2.34. The molecule has 0 saturated carbocycles. The fraction of sp³-hybridized carbons (Fsp3) is 0.167. The Morgan fingerprint density at radius 3 is 2.35 bits per heavy atom. The molecule has 0 saturated heterocycles. The highest BCUT2D eigenvalue weighted by Gasteiger charge is 2.35. The lowest BCUT2D eigenvalue weighted by atomic mass is 10.2. The molecule has 88 valence electrons. The second-order valence-corrected chi connectivity index (χ2v) is 3.82. The Labute approximate surface area is 97.6 Å². The van der Waals surface area contributed by atoms with Crippen molar-refractivity contribution in [3.63, 3.8) is 0 Å². The van der Waals surface area contributed by atoms with E-state index in [2.05, 4.69) is 0 Å². The van der Waals surface area contributed by atoms with Gasteiger partial charge in [-0.1, -0.05) is 17.7 Å². The lowest BCUT2D eigenvalue weighted by Gasteiger charge is -2.21. The summed E-state index contributed by atoms with van der Waals surface area (Å²) in [7, 11) is 0. The topological polar surface area (TPSA) is 77.8 Å². The molecule has 2 rings (SSSR count). The lowest BCUT2D eigenvalue weighted by Crippen LogP contribution is -2.36. The molecule has 1 unspecified atom stereocenters. The van der Waals surface area contributed by atoms with E-state index >= 15 is 0 Å². The van der Waals surface area contributed by atoms with E-state index in [1.807, 2.05) is 6.92 Å². The average Bonchev–Trinajstić information content (AvgIpc) is 2.56. The fourth-order valence-electron chi connectivity index (χ4n) is 1.68. The van der Waals surface area contributed by atoms with E-state index in [0.717, 1.165) is 16.5 Å². The first-order valence-electron chi connectivity index (χ1n) is 5.03. The van der Waals surface area contributed by atoms with Crippen molar-refractivity contribution in [2.45, 2.75) is 13.2 Å². The van der Waals surface area contributed by atoms with Crippen LogP contribution in [0.4, 0.5) is 5.69 Å². The minimum atomic E-state index is -1.43. The molecule has 17 heavy (non-hydrogen) atoms. The highest BCUT2D eigenvalue weighted by molar-refractivity contribution is 6.11. The van der Waals surface area contributed by atoms with Crippen LogP contribution in [-0.2, 0) is 9.59 Å². The van der Waals surface area contributed by atoms with Crippen LogP contribution in [-0.4, -0.2) is 28.3 Å².